The molecule has 0 saturated heterocycles. The first-order valence-corrected chi connectivity index (χ1v) is 33.4. The minimum absolute atomic E-state index is 0. The van der Waals surface area contributed by atoms with E-state index in [2.05, 4.69) is 234 Å². The Morgan fingerprint density at radius 1 is 0.238 bits per heavy atom. The van der Waals surface area contributed by atoms with Crippen molar-refractivity contribution >= 4 is 0 Å². The molecule has 105 heavy (non-hydrogen) atoms. The molecule has 0 N–H and O–H groups in total. The molecule has 4 radical (unpaired) electrons. The number of hydrogen-bond acceptors (Lipinski definition) is 6. The summed E-state index contributed by atoms with van der Waals surface area (Å²) in [7, 11) is 0. The molecule has 0 saturated carbocycles. The van der Waals surface area contributed by atoms with Gasteiger partial charge in [-0.25, -0.2) is 0 Å². The molecule has 6 nitrogen and oxygen atoms in total. The standard InChI is InChI=1S/C20H18N.C18H14N.2C17H12N.C12H10N.C11H8N.4Ir/c1-14-9-15(2)11-18(10-14)20-12-16(3)19(13-21-20)17-7-5-4-6-8-17;1-14-6-4-7-15(12-14)16-8-5-9-17(13-16)18-10-2-3-11-19-18;1-2-7-14(8-3-1)15-9-6-10-16(13-15)17-11-4-5-12-18-17;1-2-6-14(7-3-1)15-9-11-16(12-10-15)17-8-4-5-13-18-17;1-10-6-5-9-13-12(10)11-7-3-2-4-8-11;1-2-6-10(7-3-1)11-8-4-5-9-12-11;;;;/h4-10,12-13H,1-3H3;2-8,10-13H,1H3;1-9,11-13H;1-11,13H;2-7,9H,1H3;1-6,8-9H;;;;/q6*-1;;;;. The van der Waals surface area contributed by atoms with Crippen LogP contribution in [0.1, 0.15) is 27.8 Å². The van der Waals surface area contributed by atoms with E-state index in [4.69, 9.17) is 0 Å². The Bertz CT molecular complexity index is 4960. The van der Waals surface area contributed by atoms with Crippen LogP contribution in [0.4, 0.5) is 0 Å². The van der Waals surface area contributed by atoms with Gasteiger partial charge < -0.3 is 29.9 Å². The molecule has 16 rings (SSSR count). The van der Waals surface area contributed by atoms with Gasteiger partial charge in [0.2, 0.25) is 0 Å². The molecule has 0 atom stereocenters. The number of aromatic nitrogens is 6. The van der Waals surface area contributed by atoms with Gasteiger partial charge >= 0.3 is 0 Å². The van der Waals surface area contributed by atoms with Crippen molar-refractivity contribution in [2.45, 2.75) is 34.6 Å². The average Bonchev–Trinajstić information content (AvgIpc) is 0.826. The monoisotopic (exact) mass is 2070 g/mol. The molecule has 10 heteroatoms. The van der Waals surface area contributed by atoms with Gasteiger partial charge in [0.1, 0.15) is 0 Å². The van der Waals surface area contributed by atoms with Crippen LogP contribution in [0.25, 0.3) is 112 Å². The predicted molar refractivity (Wildman–Crippen MR) is 416 cm³/mol. The maximum atomic E-state index is 4.64. The molecule has 6 aromatic heterocycles. The van der Waals surface area contributed by atoms with Crippen LogP contribution in [-0.4, -0.2) is 29.9 Å². The van der Waals surface area contributed by atoms with Gasteiger partial charge in [0, 0.05) is 123 Å². The number of nitrogens with zero attached hydrogens (tertiary/aromatic N) is 6. The normalized spacial score (nSPS) is 9.84. The number of benzene rings is 10. The first kappa shape index (κ1) is 82.0. The van der Waals surface area contributed by atoms with Gasteiger partial charge in [0.25, 0.3) is 0 Å². The Morgan fingerprint density at radius 2 is 0.686 bits per heavy atom. The molecular weight excluding hydrogens is 1990 g/mol. The Balaban J connectivity index is 0.000000176. The summed E-state index contributed by atoms with van der Waals surface area (Å²) in [6, 6.07) is 127. The summed E-state index contributed by atoms with van der Waals surface area (Å²) in [5.74, 6) is 0. The second kappa shape index (κ2) is 43.7. The molecule has 0 bridgehead atoms. The summed E-state index contributed by atoms with van der Waals surface area (Å²) in [5.41, 5.74) is 27.8. The van der Waals surface area contributed by atoms with E-state index in [1.54, 1.807) is 18.6 Å². The number of aryl methyl sites for hydroxylation is 5. The molecule has 16 aromatic rings. The van der Waals surface area contributed by atoms with Crippen LogP contribution in [0.5, 0.6) is 0 Å². The SMILES string of the molecule is Cc1[c-]c(-c2cc(C)c(-c3ccccc3)cn2)cc(C)c1.Cc1cccc(-c2cc[c-]c(-c3ccccn3)c2)c1.Cc1cccnc1-c1[c-]cccc1.[Ir].[Ir].[Ir].[Ir].[c-]1cc(-c2ccccc2)ccc1-c1ccccn1.[c-]1ccc(-c2ccccc2)cc1-c1ccccn1.[c-]1ccccc1-c1ccccn1. The minimum atomic E-state index is 0. The quantitative estimate of drug-likeness (QED) is 0.127. The number of rotatable bonds is 10. The maximum Gasteiger partial charge on any atom is 0.0242 e. The Labute approximate surface area is 673 Å². The minimum Gasteiger partial charge on any atom is -0.305 e. The van der Waals surface area contributed by atoms with Gasteiger partial charge in [-0.1, -0.05) is 212 Å². The Hall–Kier alpha value is -10.3. The van der Waals surface area contributed by atoms with Crippen molar-refractivity contribution in [1.29, 1.82) is 0 Å². The molecule has 6 heterocycles. The molecule has 0 spiro atoms. The van der Waals surface area contributed by atoms with E-state index >= 15 is 0 Å². The van der Waals surface area contributed by atoms with E-state index < -0.39 is 0 Å². The van der Waals surface area contributed by atoms with E-state index in [-0.39, 0.29) is 80.4 Å². The fraction of sp³-hybridized carbons (Fsp3) is 0.0526. The van der Waals surface area contributed by atoms with Crippen molar-refractivity contribution in [3.05, 3.63) is 423 Å². The summed E-state index contributed by atoms with van der Waals surface area (Å²) in [5, 5.41) is 0. The molecule has 0 amide bonds. The zero-order chi connectivity index (χ0) is 69.6. The fourth-order valence-electron chi connectivity index (χ4n) is 11.0. The summed E-state index contributed by atoms with van der Waals surface area (Å²) in [6.07, 6.45) is 11.0. The van der Waals surface area contributed by atoms with Crippen LogP contribution in [0.2, 0.25) is 0 Å². The second-order valence-corrected chi connectivity index (χ2v) is 23.7. The summed E-state index contributed by atoms with van der Waals surface area (Å²) >= 11 is 0. The van der Waals surface area contributed by atoms with Crippen molar-refractivity contribution in [2.75, 3.05) is 0 Å². The first-order valence-electron chi connectivity index (χ1n) is 33.4. The van der Waals surface area contributed by atoms with Crippen LogP contribution in [-0.2, 0) is 80.4 Å². The largest absolute Gasteiger partial charge is 0.305 e. The predicted octanol–water partition coefficient (Wildman–Crippen LogP) is 23.5. The fourth-order valence-corrected chi connectivity index (χ4v) is 11.0. The van der Waals surface area contributed by atoms with Crippen LogP contribution in [0, 0.1) is 71.0 Å². The smallest absolute Gasteiger partial charge is 0.0242 e. The third-order valence-electron chi connectivity index (χ3n) is 16.0. The third kappa shape index (κ3) is 25.0. The summed E-state index contributed by atoms with van der Waals surface area (Å²) in [4.78, 5) is 26.2. The molecule has 0 unspecified atom stereocenters. The maximum absolute atomic E-state index is 4.64. The van der Waals surface area contributed by atoms with Gasteiger partial charge in [-0.05, 0) is 108 Å². The van der Waals surface area contributed by atoms with E-state index in [0.29, 0.717) is 0 Å². The van der Waals surface area contributed by atoms with Crippen molar-refractivity contribution in [1.82, 2.24) is 29.9 Å². The van der Waals surface area contributed by atoms with Gasteiger partial charge in [-0.3, -0.25) is 0 Å². The van der Waals surface area contributed by atoms with Gasteiger partial charge in [-0.2, -0.15) is 0 Å². The first-order chi connectivity index (χ1) is 49.7. The van der Waals surface area contributed by atoms with Crippen molar-refractivity contribution in [2.24, 2.45) is 0 Å². The molecule has 526 valence electrons. The van der Waals surface area contributed by atoms with E-state index in [1.165, 1.54) is 66.8 Å². The summed E-state index contributed by atoms with van der Waals surface area (Å²) in [6.45, 7) is 10.5. The molecule has 10 aromatic carbocycles. The Morgan fingerprint density at radius 3 is 1.15 bits per heavy atom. The molecule has 0 fully saturated rings. The van der Waals surface area contributed by atoms with Crippen LogP contribution in [0.3, 0.4) is 0 Å². The van der Waals surface area contributed by atoms with Crippen LogP contribution >= 0.6 is 0 Å². The molecule has 0 aliphatic rings. The van der Waals surface area contributed by atoms with Gasteiger partial charge in [0.15, 0.2) is 0 Å². The zero-order valence-electron chi connectivity index (χ0n) is 58.6. The Kier molecular flexibility index (Phi) is 34.1. The topological polar surface area (TPSA) is 77.3 Å². The van der Waals surface area contributed by atoms with E-state index in [0.717, 1.165) is 73.1 Å². The zero-order valence-corrected chi connectivity index (χ0v) is 68.2. The number of pyridine rings is 6. The summed E-state index contributed by atoms with van der Waals surface area (Å²) < 4.78 is 0. The van der Waals surface area contributed by atoms with Crippen LogP contribution < -0.4 is 0 Å². The third-order valence-corrected chi connectivity index (χ3v) is 16.0. The van der Waals surface area contributed by atoms with Crippen molar-refractivity contribution in [3.8, 4) is 112 Å². The van der Waals surface area contributed by atoms with E-state index in [9.17, 15) is 0 Å². The average molecular weight is 2070 g/mol. The van der Waals surface area contributed by atoms with Gasteiger partial charge in [0.05, 0.1) is 0 Å². The second-order valence-electron chi connectivity index (χ2n) is 23.7. The molecule has 0 aliphatic heterocycles. The number of hydrogen-bond donors (Lipinski definition) is 0. The van der Waals surface area contributed by atoms with E-state index in [1.807, 2.05) is 207 Å². The van der Waals surface area contributed by atoms with Gasteiger partial charge in [-0.15, -0.1) is 207 Å². The van der Waals surface area contributed by atoms with Crippen molar-refractivity contribution < 1.29 is 80.4 Å². The van der Waals surface area contributed by atoms with Crippen molar-refractivity contribution in [3.63, 3.8) is 0 Å². The molecular formula is C95H74Ir4N6-6. The van der Waals surface area contributed by atoms with Crippen LogP contribution in [0.15, 0.2) is 359 Å². The molecule has 0 aliphatic carbocycles.